The van der Waals surface area contributed by atoms with E-state index >= 15 is 0 Å². The van der Waals surface area contributed by atoms with Gasteiger partial charge in [0.05, 0.1) is 25.6 Å². The van der Waals surface area contributed by atoms with Crippen LogP contribution in [0.5, 0.6) is 0 Å². The predicted molar refractivity (Wildman–Crippen MR) is 37.2 cm³/mol. The first-order chi connectivity index (χ1) is 4.31. The molecule has 1 fully saturated rings. The molecule has 0 aromatic carbocycles. The van der Waals surface area contributed by atoms with Crippen LogP contribution < -0.4 is 0 Å². The third-order valence-electron chi connectivity index (χ3n) is 0.785. The van der Waals surface area contributed by atoms with Gasteiger partial charge < -0.3 is 9.47 Å². The van der Waals surface area contributed by atoms with Crippen molar-refractivity contribution in [3.8, 4) is 0 Å². The SMILES string of the molecule is C=COCC.CC1CO1. The van der Waals surface area contributed by atoms with Crippen molar-refractivity contribution in [1.29, 1.82) is 0 Å². The van der Waals surface area contributed by atoms with Gasteiger partial charge in [-0.1, -0.05) is 6.58 Å². The van der Waals surface area contributed by atoms with Crippen LogP contribution in [0.15, 0.2) is 12.8 Å². The second-order valence-electron chi connectivity index (χ2n) is 1.77. The molecule has 1 rings (SSSR count). The first-order valence-corrected chi connectivity index (χ1v) is 3.15. The molecule has 1 atom stereocenters. The molecule has 0 aliphatic carbocycles. The van der Waals surface area contributed by atoms with Gasteiger partial charge >= 0.3 is 0 Å². The van der Waals surface area contributed by atoms with Gasteiger partial charge in [-0.05, 0) is 13.8 Å². The molecule has 1 aliphatic rings. The van der Waals surface area contributed by atoms with Gasteiger partial charge in [0.2, 0.25) is 0 Å². The first kappa shape index (κ1) is 8.50. The number of rotatable bonds is 2. The van der Waals surface area contributed by atoms with E-state index in [1.165, 1.54) is 6.26 Å². The van der Waals surface area contributed by atoms with E-state index in [1.54, 1.807) is 0 Å². The molecule has 0 saturated carbocycles. The van der Waals surface area contributed by atoms with Crippen molar-refractivity contribution < 1.29 is 9.47 Å². The first-order valence-electron chi connectivity index (χ1n) is 3.15. The van der Waals surface area contributed by atoms with Crippen molar-refractivity contribution in [2.45, 2.75) is 20.0 Å². The molecular formula is C7H14O2. The van der Waals surface area contributed by atoms with Gasteiger partial charge in [0.25, 0.3) is 0 Å². The maximum absolute atomic E-state index is 4.71. The quantitative estimate of drug-likeness (QED) is 0.418. The summed E-state index contributed by atoms with van der Waals surface area (Å²) in [4.78, 5) is 0. The summed E-state index contributed by atoms with van der Waals surface area (Å²) in [5.74, 6) is 0. The molecule has 2 nitrogen and oxygen atoms in total. The summed E-state index contributed by atoms with van der Waals surface area (Å²) in [6, 6.07) is 0. The fourth-order valence-corrected chi connectivity index (χ4v) is 0.214. The number of epoxide rings is 1. The largest absolute Gasteiger partial charge is 0.502 e. The predicted octanol–water partition coefficient (Wildman–Crippen LogP) is 1.57. The summed E-state index contributed by atoms with van der Waals surface area (Å²) in [6.45, 7) is 9.01. The minimum absolute atomic E-state index is 0.583. The van der Waals surface area contributed by atoms with Gasteiger partial charge in [-0.3, -0.25) is 0 Å². The standard InChI is InChI=1S/C4H8O.C3H6O/c1-3-5-4-2;1-3-2-4-3/h3H,1,4H2,2H3;3H,2H2,1H3. The molecular weight excluding hydrogens is 116 g/mol. The van der Waals surface area contributed by atoms with Crippen LogP contribution >= 0.6 is 0 Å². The van der Waals surface area contributed by atoms with Crippen LogP contribution in [-0.2, 0) is 9.47 Å². The average molecular weight is 130 g/mol. The van der Waals surface area contributed by atoms with Crippen molar-refractivity contribution in [3.05, 3.63) is 12.8 Å². The molecule has 0 spiro atoms. The molecule has 2 heteroatoms. The minimum Gasteiger partial charge on any atom is -0.502 e. The molecule has 1 saturated heterocycles. The van der Waals surface area contributed by atoms with E-state index in [4.69, 9.17) is 4.74 Å². The smallest absolute Gasteiger partial charge is 0.0844 e. The Morgan fingerprint density at radius 2 is 2.33 bits per heavy atom. The lowest BCUT2D eigenvalue weighted by Crippen LogP contribution is -1.72. The monoisotopic (exact) mass is 130 g/mol. The van der Waals surface area contributed by atoms with E-state index in [-0.39, 0.29) is 0 Å². The molecule has 0 N–H and O–H groups in total. The van der Waals surface area contributed by atoms with Crippen molar-refractivity contribution in [2.75, 3.05) is 13.2 Å². The Morgan fingerprint density at radius 1 is 1.89 bits per heavy atom. The molecule has 0 amide bonds. The summed E-state index contributed by atoms with van der Waals surface area (Å²) in [5, 5.41) is 0. The summed E-state index contributed by atoms with van der Waals surface area (Å²) in [5.41, 5.74) is 0. The van der Waals surface area contributed by atoms with Crippen LogP contribution in [0.25, 0.3) is 0 Å². The summed E-state index contributed by atoms with van der Waals surface area (Å²) < 4.78 is 9.31. The third kappa shape index (κ3) is 11.2. The van der Waals surface area contributed by atoms with Crippen LogP contribution in [0.4, 0.5) is 0 Å². The van der Waals surface area contributed by atoms with Crippen molar-refractivity contribution >= 4 is 0 Å². The zero-order valence-corrected chi connectivity index (χ0v) is 6.09. The summed E-state index contributed by atoms with van der Waals surface area (Å²) >= 11 is 0. The van der Waals surface area contributed by atoms with E-state index in [0.717, 1.165) is 13.2 Å². The maximum atomic E-state index is 4.71. The van der Waals surface area contributed by atoms with Crippen LogP contribution in [0.1, 0.15) is 13.8 Å². The molecule has 0 bridgehead atoms. The molecule has 0 radical (unpaired) electrons. The third-order valence-corrected chi connectivity index (χ3v) is 0.785. The number of hydrogen-bond donors (Lipinski definition) is 0. The van der Waals surface area contributed by atoms with E-state index < -0.39 is 0 Å². The van der Waals surface area contributed by atoms with Crippen molar-refractivity contribution in [1.82, 2.24) is 0 Å². The molecule has 9 heavy (non-hydrogen) atoms. The van der Waals surface area contributed by atoms with Gasteiger partial charge in [0.1, 0.15) is 0 Å². The molecule has 0 aromatic heterocycles. The van der Waals surface area contributed by atoms with Crippen LogP contribution in [0.2, 0.25) is 0 Å². The highest BCUT2D eigenvalue weighted by molar-refractivity contribution is 4.58. The van der Waals surface area contributed by atoms with Gasteiger partial charge in [-0.2, -0.15) is 0 Å². The van der Waals surface area contributed by atoms with Crippen LogP contribution in [0, 0.1) is 0 Å². The molecule has 1 heterocycles. The van der Waals surface area contributed by atoms with E-state index in [0.29, 0.717) is 6.10 Å². The lowest BCUT2D eigenvalue weighted by Gasteiger charge is -1.84. The molecule has 1 unspecified atom stereocenters. The Bertz CT molecular complexity index is 67.3. The Kier molecular flexibility index (Phi) is 5.32. The second kappa shape index (κ2) is 5.63. The van der Waals surface area contributed by atoms with Gasteiger partial charge in [0.15, 0.2) is 0 Å². The molecule has 1 aliphatic heterocycles. The van der Waals surface area contributed by atoms with Crippen molar-refractivity contribution in [2.24, 2.45) is 0 Å². The topological polar surface area (TPSA) is 21.8 Å². The Balaban J connectivity index is 0.000000144. The normalized spacial score (nSPS) is 21.3. The molecule has 54 valence electrons. The van der Waals surface area contributed by atoms with Crippen molar-refractivity contribution in [3.63, 3.8) is 0 Å². The summed E-state index contributed by atoms with van der Waals surface area (Å²) in [6.07, 6.45) is 2.01. The lowest BCUT2D eigenvalue weighted by atomic mass is 10.6. The molecule has 0 aromatic rings. The average Bonchev–Trinajstić information content (AvgIpc) is 2.55. The maximum Gasteiger partial charge on any atom is 0.0844 e. The summed E-state index contributed by atoms with van der Waals surface area (Å²) in [7, 11) is 0. The van der Waals surface area contributed by atoms with Gasteiger partial charge in [0, 0.05) is 0 Å². The fraction of sp³-hybridized carbons (Fsp3) is 0.714. The van der Waals surface area contributed by atoms with Gasteiger partial charge in [-0.15, -0.1) is 0 Å². The van der Waals surface area contributed by atoms with Crippen LogP contribution in [0.3, 0.4) is 0 Å². The Morgan fingerprint density at radius 3 is 2.33 bits per heavy atom. The van der Waals surface area contributed by atoms with E-state index in [1.807, 2.05) is 6.92 Å². The van der Waals surface area contributed by atoms with Crippen LogP contribution in [-0.4, -0.2) is 19.3 Å². The lowest BCUT2D eigenvalue weighted by molar-refractivity contribution is 0.270. The minimum atomic E-state index is 0.583. The Hall–Kier alpha value is -0.500. The zero-order valence-electron chi connectivity index (χ0n) is 6.09. The zero-order chi connectivity index (χ0) is 7.11. The Labute approximate surface area is 56.5 Å². The highest BCUT2D eigenvalue weighted by Gasteiger charge is 2.13. The second-order valence-corrected chi connectivity index (χ2v) is 1.77. The van der Waals surface area contributed by atoms with E-state index in [2.05, 4.69) is 18.2 Å². The fourth-order valence-electron chi connectivity index (χ4n) is 0.214. The highest BCUT2D eigenvalue weighted by Crippen LogP contribution is 2.04. The van der Waals surface area contributed by atoms with Gasteiger partial charge in [-0.25, -0.2) is 0 Å². The highest BCUT2D eigenvalue weighted by atomic mass is 16.6. The number of hydrogen-bond acceptors (Lipinski definition) is 2. The number of ether oxygens (including phenoxy) is 2. The van der Waals surface area contributed by atoms with E-state index in [9.17, 15) is 0 Å².